The summed E-state index contributed by atoms with van der Waals surface area (Å²) in [4.78, 5) is 28.4. The first-order valence-electron chi connectivity index (χ1n) is 8.35. The number of ether oxygens (including phenoxy) is 1. The number of nitrogens with zero attached hydrogens (tertiary/aromatic N) is 2. The second kappa shape index (κ2) is 7.89. The van der Waals surface area contributed by atoms with Crippen LogP contribution in [0.15, 0.2) is 29.3 Å². The van der Waals surface area contributed by atoms with Crippen LogP contribution in [0.25, 0.3) is 0 Å². The van der Waals surface area contributed by atoms with Gasteiger partial charge in [-0.25, -0.2) is 8.42 Å². The Hall–Kier alpha value is -2.07. The summed E-state index contributed by atoms with van der Waals surface area (Å²) in [6, 6.07) is 7.10. The maximum Gasteiger partial charge on any atom is 0.248 e. The summed E-state index contributed by atoms with van der Waals surface area (Å²) in [5, 5.41) is 10.8. The van der Waals surface area contributed by atoms with Crippen LogP contribution in [0.3, 0.4) is 0 Å². The van der Waals surface area contributed by atoms with E-state index in [-0.39, 0.29) is 35.6 Å². The molecule has 8 nitrogen and oxygen atoms in total. The number of amidine groups is 1. The van der Waals surface area contributed by atoms with Gasteiger partial charge in [-0.3, -0.25) is 4.79 Å². The molecular weight excluding hydrogens is 392 g/mol. The largest absolute Gasteiger partial charge is 0.550 e. The Labute approximate surface area is 161 Å². The zero-order valence-electron chi connectivity index (χ0n) is 14.7. The first kappa shape index (κ1) is 19.7. The Kier molecular flexibility index (Phi) is 5.75. The molecule has 0 spiro atoms. The number of thioether (sulfide) groups is 1. The van der Waals surface area contributed by atoms with E-state index in [1.54, 1.807) is 7.11 Å². The number of aliphatic imine (C=N–C) groups is 1. The summed E-state index contributed by atoms with van der Waals surface area (Å²) in [5.74, 6) is -1.08. The molecule has 10 heteroatoms. The number of carbonyl (C=O) groups is 2. The van der Waals surface area contributed by atoms with Crippen LogP contribution in [0.2, 0.25) is 0 Å². The molecular formula is C17H19N2O6S2-. The van der Waals surface area contributed by atoms with Crippen LogP contribution < -0.4 is 9.84 Å². The summed E-state index contributed by atoms with van der Waals surface area (Å²) in [5.41, 5.74) is 0.927. The number of sulfone groups is 1. The second-order valence-corrected chi connectivity index (χ2v) is 9.80. The van der Waals surface area contributed by atoms with Gasteiger partial charge in [-0.2, -0.15) is 4.99 Å². The molecule has 1 aromatic carbocycles. The minimum atomic E-state index is -3.12. The highest BCUT2D eigenvalue weighted by atomic mass is 32.2. The Morgan fingerprint density at radius 1 is 1.26 bits per heavy atom. The third kappa shape index (κ3) is 4.81. The van der Waals surface area contributed by atoms with Gasteiger partial charge in [0.05, 0.1) is 24.7 Å². The molecule has 0 bridgehead atoms. The molecule has 0 saturated carbocycles. The van der Waals surface area contributed by atoms with Gasteiger partial charge in [0.25, 0.3) is 0 Å². The van der Waals surface area contributed by atoms with E-state index in [4.69, 9.17) is 4.74 Å². The Bertz CT molecular complexity index is 866. The summed E-state index contributed by atoms with van der Waals surface area (Å²) in [6.45, 7) is 0.403. The predicted molar refractivity (Wildman–Crippen MR) is 99.0 cm³/mol. The monoisotopic (exact) mass is 411 g/mol. The Morgan fingerprint density at radius 2 is 1.96 bits per heavy atom. The molecule has 0 aliphatic carbocycles. The van der Waals surface area contributed by atoms with E-state index in [1.807, 2.05) is 29.2 Å². The molecule has 146 valence electrons. The summed E-state index contributed by atoms with van der Waals surface area (Å²) in [7, 11) is -1.55. The molecule has 2 saturated heterocycles. The van der Waals surface area contributed by atoms with Crippen LogP contribution in [-0.4, -0.2) is 60.3 Å². The molecule has 2 heterocycles. The molecule has 2 fully saturated rings. The maximum atomic E-state index is 12.0. The molecule has 27 heavy (non-hydrogen) atoms. The van der Waals surface area contributed by atoms with Crippen molar-refractivity contribution in [3.8, 4) is 5.75 Å². The SMILES string of the molecule is COc1ccc(CN2C(=NC(=O)CCC(=O)[O-])S[C@@H]3CS(=O)(=O)C[C@@H]32)cc1. The van der Waals surface area contributed by atoms with Gasteiger partial charge in [-0.1, -0.05) is 23.9 Å². The molecule has 2 aliphatic rings. The van der Waals surface area contributed by atoms with E-state index in [1.165, 1.54) is 11.8 Å². The second-order valence-electron chi connectivity index (χ2n) is 6.44. The van der Waals surface area contributed by atoms with Crippen molar-refractivity contribution in [2.75, 3.05) is 18.6 Å². The van der Waals surface area contributed by atoms with Crippen molar-refractivity contribution in [3.05, 3.63) is 29.8 Å². The fourth-order valence-corrected chi connectivity index (χ4v) is 7.09. The molecule has 0 radical (unpaired) electrons. The first-order chi connectivity index (χ1) is 12.8. The quantitative estimate of drug-likeness (QED) is 0.633. The number of benzene rings is 1. The van der Waals surface area contributed by atoms with Crippen LogP contribution in [-0.2, 0) is 26.0 Å². The fourth-order valence-electron chi connectivity index (χ4n) is 3.12. The third-order valence-corrected chi connectivity index (χ3v) is 7.70. The maximum absolute atomic E-state index is 12.0. The van der Waals surface area contributed by atoms with E-state index >= 15 is 0 Å². The standard InChI is InChI=1S/C17H20N2O6S2/c1-25-12-4-2-11(3-5-12)8-19-13-9-27(23,24)10-14(13)26-17(19)18-15(20)6-7-16(21)22/h2-5,13-14H,6-10H2,1H3,(H,21,22)/p-1/t13-,14+/m0/s1. The highest BCUT2D eigenvalue weighted by Crippen LogP contribution is 2.39. The molecule has 2 aliphatic heterocycles. The summed E-state index contributed by atoms with van der Waals surface area (Å²) >= 11 is 1.27. The number of amides is 1. The van der Waals surface area contributed by atoms with Gasteiger partial charge >= 0.3 is 0 Å². The van der Waals surface area contributed by atoms with Gasteiger partial charge in [0.2, 0.25) is 5.91 Å². The topological polar surface area (TPSA) is 116 Å². The predicted octanol–water partition coefficient (Wildman–Crippen LogP) is -0.178. The van der Waals surface area contributed by atoms with Crippen LogP contribution in [0.1, 0.15) is 18.4 Å². The van der Waals surface area contributed by atoms with Crippen LogP contribution >= 0.6 is 11.8 Å². The number of hydrogen-bond acceptors (Lipinski definition) is 7. The van der Waals surface area contributed by atoms with Crippen LogP contribution in [0.4, 0.5) is 0 Å². The fraction of sp³-hybridized carbons (Fsp3) is 0.471. The van der Waals surface area contributed by atoms with E-state index in [0.717, 1.165) is 5.56 Å². The van der Waals surface area contributed by atoms with E-state index in [0.29, 0.717) is 17.5 Å². The number of hydrogen-bond donors (Lipinski definition) is 0. The molecule has 0 N–H and O–H groups in total. The highest BCUT2D eigenvalue weighted by Gasteiger charge is 2.48. The average molecular weight is 411 g/mol. The van der Waals surface area contributed by atoms with E-state index < -0.39 is 21.7 Å². The lowest BCUT2D eigenvalue weighted by atomic mass is 10.1. The summed E-state index contributed by atoms with van der Waals surface area (Å²) in [6.07, 6.45) is -0.629. The summed E-state index contributed by atoms with van der Waals surface area (Å²) < 4.78 is 29.1. The Morgan fingerprint density at radius 3 is 2.59 bits per heavy atom. The lowest BCUT2D eigenvalue weighted by Gasteiger charge is -2.24. The van der Waals surface area contributed by atoms with Gasteiger partial charge in [-0.15, -0.1) is 0 Å². The molecule has 0 aromatic heterocycles. The van der Waals surface area contributed by atoms with Crippen molar-refractivity contribution in [2.24, 2.45) is 4.99 Å². The number of methoxy groups -OCH3 is 1. The molecule has 1 amide bonds. The number of carbonyl (C=O) groups excluding carboxylic acids is 2. The average Bonchev–Trinajstić information content (AvgIpc) is 3.06. The third-order valence-electron chi connectivity index (χ3n) is 4.45. The van der Waals surface area contributed by atoms with E-state index in [9.17, 15) is 23.1 Å². The van der Waals surface area contributed by atoms with Gasteiger partial charge < -0.3 is 19.5 Å². The number of fused-ring (bicyclic) bond motifs is 1. The smallest absolute Gasteiger partial charge is 0.248 e. The van der Waals surface area contributed by atoms with Gasteiger partial charge in [0, 0.05) is 24.2 Å². The van der Waals surface area contributed by atoms with Crippen molar-refractivity contribution >= 4 is 38.6 Å². The van der Waals surface area contributed by atoms with Gasteiger partial charge in [0.15, 0.2) is 15.0 Å². The van der Waals surface area contributed by atoms with Crippen molar-refractivity contribution in [3.63, 3.8) is 0 Å². The van der Waals surface area contributed by atoms with E-state index in [2.05, 4.69) is 4.99 Å². The van der Waals surface area contributed by atoms with Crippen LogP contribution in [0.5, 0.6) is 5.75 Å². The normalized spacial score (nSPS) is 24.8. The molecule has 2 atom stereocenters. The number of rotatable bonds is 6. The van der Waals surface area contributed by atoms with Crippen molar-refractivity contribution in [1.82, 2.24) is 4.90 Å². The van der Waals surface area contributed by atoms with Gasteiger partial charge in [-0.05, 0) is 24.1 Å². The van der Waals surface area contributed by atoms with Crippen LogP contribution in [0, 0.1) is 0 Å². The van der Waals surface area contributed by atoms with Crippen molar-refractivity contribution in [2.45, 2.75) is 30.7 Å². The molecule has 1 aromatic rings. The zero-order chi connectivity index (χ0) is 19.6. The number of carboxylic acid groups (broad SMARTS) is 1. The number of aliphatic carboxylic acids is 1. The minimum absolute atomic E-state index is 0.0209. The number of carboxylic acids is 1. The molecule has 0 unspecified atom stereocenters. The van der Waals surface area contributed by atoms with Crippen molar-refractivity contribution < 1.29 is 27.9 Å². The minimum Gasteiger partial charge on any atom is -0.550 e. The Balaban J connectivity index is 1.81. The zero-order valence-corrected chi connectivity index (χ0v) is 16.3. The molecule has 3 rings (SSSR count). The highest BCUT2D eigenvalue weighted by molar-refractivity contribution is 8.15. The lowest BCUT2D eigenvalue weighted by Crippen LogP contribution is -2.37. The van der Waals surface area contributed by atoms with Gasteiger partial charge in [0.1, 0.15) is 5.75 Å². The first-order valence-corrected chi connectivity index (χ1v) is 11.1. The van der Waals surface area contributed by atoms with Crippen molar-refractivity contribution in [1.29, 1.82) is 0 Å². The lowest BCUT2D eigenvalue weighted by molar-refractivity contribution is -0.305.